The van der Waals surface area contributed by atoms with Gasteiger partial charge in [0.25, 0.3) is 0 Å². The lowest BCUT2D eigenvalue weighted by atomic mass is 10.1. The molecule has 3 rings (SSSR count). The van der Waals surface area contributed by atoms with Crippen molar-refractivity contribution in [3.05, 3.63) is 23.8 Å². The van der Waals surface area contributed by atoms with Gasteiger partial charge in [-0.15, -0.1) is 0 Å². The molecule has 6 nitrogen and oxygen atoms in total. The van der Waals surface area contributed by atoms with E-state index in [0.29, 0.717) is 24.8 Å². The first kappa shape index (κ1) is 19.8. The van der Waals surface area contributed by atoms with Crippen LogP contribution in [0.2, 0.25) is 0 Å². The number of nitrogens with zero attached hydrogens (tertiary/aromatic N) is 2. The molecule has 0 amide bonds. The summed E-state index contributed by atoms with van der Waals surface area (Å²) in [6.45, 7) is 5.86. The maximum Gasteiger partial charge on any atom is 0.191 e. The minimum Gasteiger partial charge on any atom is -0.504 e. The van der Waals surface area contributed by atoms with Crippen molar-refractivity contribution in [3.63, 3.8) is 0 Å². The molecule has 0 spiro atoms. The van der Waals surface area contributed by atoms with E-state index in [1.54, 1.807) is 13.2 Å². The van der Waals surface area contributed by atoms with E-state index in [9.17, 15) is 5.11 Å². The average molecular weight is 375 g/mol. The van der Waals surface area contributed by atoms with Crippen LogP contribution < -0.4 is 15.4 Å². The van der Waals surface area contributed by atoms with Crippen molar-refractivity contribution in [3.8, 4) is 11.5 Å². The van der Waals surface area contributed by atoms with Crippen LogP contribution in [0.1, 0.15) is 44.6 Å². The number of guanidine groups is 1. The van der Waals surface area contributed by atoms with Gasteiger partial charge in [-0.1, -0.05) is 25.0 Å². The molecule has 1 atom stereocenters. The fourth-order valence-electron chi connectivity index (χ4n) is 4.24. The molecule has 6 heteroatoms. The quantitative estimate of drug-likeness (QED) is 0.505. The summed E-state index contributed by atoms with van der Waals surface area (Å²) < 4.78 is 5.18. The van der Waals surface area contributed by atoms with Gasteiger partial charge in [0.15, 0.2) is 17.5 Å². The standard InChI is InChI=1S/C21H34N4O2/c1-3-22-21(23-13-11-16-7-6-10-19(27-2)20(16)26)24-17-12-14-25(15-17)18-8-4-5-9-18/h6-7,10,17-18,26H,3-5,8-9,11-15H2,1-2H3,(H2,22,23,24). The van der Waals surface area contributed by atoms with Gasteiger partial charge in [-0.2, -0.15) is 0 Å². The van der Waals surface area contributed by atoms with Gasteiger partial charge in [0, 0.05) is 38.3 Å². The molecule has 0 radical (unpaired) electrons. The Morgan fingerprint density at radius 1 is 1.30 bits per heavy atom. The molecule has 1 aromatic rings. The van der Waals surface area contributed by atoms with Crippen LogP contribution in [-0.2, 0) is 6.42 Å². The Labute approximate surface area is 163 Å². The monoisotopic (exact) mass is 374 g/mol. The van der Waals surface area contributed by atoms with Crippen molar-refractivity contribution in [2.45, 2.75) is 57.5 Å². The topological polar surface area (TPSA) is 69.1 Å². The Morgan fingerprint density at radius 3 is 2.85 bits per heavy atom. The van der Waals surface area contributed by atoms with Gasteiger partial charge in [-0.3, -0.25) is 9.89 Å². The molecule has 1 aliphatic carbocycles. The molecule has 2 aliphatic rings. The Balaban J connectivity index is 1.52. The van der Waals surface area contributed by atoms with E-state index in [2.05, 4.69) is 22.5 Å². The van der Waals surface area contributed by atoms with Crippen LogP contribution >= 0.6 is 0 Å². The van der Waals surface area contributed by atoms with Crippen LogP contribution in [0.3, 0.4) is 0 Å². The number of benzene rings is 1. The number of methoxy groups -OCH3 is 1. The van der Waals surface area contributed by atoms with Crippen LogP contribution in [0.5, 0.6) is 11.5 Å². The summed E-state index contributed by atoms with van der Waals surface area (Å²) in [6.07, 6.45) is 7.37. The van der Waals surface area contributed by atoms with Crippen LogP contribution in [-0.4, -0.2) is 61.3 Å². The van der Waals surface area contributed by atoms with Gasteiger partial charge in [0.1, 0.15) is 0 Å². The number of aromatic hydroxyl groups is 1. The molecule has 1 saturated carbocycles. The van der Waals surface area contributed by atoms with Crippen molar-refractivity contribution < 1.29 is 9.84 Å². The predicted molar refractivity (Wildman–Crippen MR) is 110 cm³/mol. The average Bonchev–Trinajstić information content (AvgIpc) is 3.35. The Bertz CT molecular complexity index is 629. The van der Waals surface area contributed by atoms with Crippen molar-refractivity contribution in [2.75, 3.05) is 33.3 Å². The molecule has 3 N–H and O–H groups in total. The van der Waals surface area contributed by atoms with Gasteiger partial charge < -0.3 is 20.5 Å². The third kappa shape index (κ3) is 5.28. The first-order chi connectivity index (χ1) is 13.2. The van der Waals surface area contributed by atoms with E-state index in [1.807, 2.05) is 12.1 Å². The van der Waals surface area contributed by atoms with Crippen molar-refractivity contribution in [1.29, 1.82) is 0 Å². The van der Waals surface area contributed by atoms with E-state index in [0.717, 1.165) is 30.7 Å². The highest BCUT2D eigenvalue weighted by Crippen LogP contribution is 2.29. The second kappa shape index (κ2) is 9.83. The van der Waals surface area contributed by atoms with Crippen LogP contribution in [0.4, 0.5) is 0 Å². The normalized spacial score (nSPS) is 21.6. The summed E-state index contributed by atoms with van der Waals surface area (Å²) in [5, 5.41) is 17.2. The molecule has 1 aliphatic heterocycles. The maximum absolute atomic E-state index is 10.2. The largest absolute Gasteiger partial charge is 0.504 e. The van der Waals surface area contributed by atoms with Crippen LogP contribution in [0.15, 0.2) is 23.2 Å². The molecule has 1 heterocycles. The SMILES string of the molecule is CCNC(=NCCc1cccc(OC)c1O)NC1CCN(C2CCCC2)C1. The van der Waals surface area contributed by atoms with Crippen molar-refractivity contribution >= 4 is 5.96 Å². The first-order valence-electron chi connectivity index (χ1n) is 10.3. The van der Waals surface area contributed by atoms with E-state index < -0.39 is 0 Å². The van der Waals surface area contributed by atoms with E-state index in [-0.39, 0.29) is 5.75 Å². The fraction of sp³-hybridized carbons (Fsp3) is 0.667. The van der Waals surface area contributed by atoms with Crippen molar-refractivity contribution in [1.82, 2.24) is 15.5 Å². The summed E-state index contributed by atoms with van der Waals surface area (Å²) in [5.41, 5.74) is 0.863. The van der Waals surface area contributed by atoms with Gasteiger partial charge in [0.05, 0.1) is 7.11 Å². The fourth-order valence-corrected chi connectivity index (χ4v) is 4.24. The second-order valence-electron chi connectivity index (χ2n) is 7.54. The number of para-hydroxylation sites is 1. The number of phenolic OH excluding ortho intramolecular Hbond substituents is 1. The Morgan fingerprint density at radius 2 is 2.11 bits per heavy atom. The summed E-state index contributed by atoms with van der Waals surface area (Å²) >= 11 is 0. The number of aliphatic imine (C=N–C) groups is 1. The number of nitrogens with one attached hydrogen (secondary N) is 2. The molecule has 1 aromatic carbocycles. The molecular formula is C21H34N4O2. The molecular weight excluding hydrogens is 340 g/mol. The molecule has 1 unspecified atom stereocenters. The third-order valence-corrected chi connectivity index (χ3v) is 5.70. The summed E-state index contributed by atoms with van der Waals surface area (Å²) in [5.74, 6) is 1.61. The summed E-state index contributed by atoms with van der Waals surface area (Å²) in [6, 6.07) is 6.85. The maximum atomic E-state index is 10.2. The first-order valence-corrected chi connectivity index (χ1v) is 10.3. The number of rotatable bonds is 7. The Kier molecular flexibility index (Phi) is 7.21. The van der Waals surface area contributed by atoms with Crippen molar-refractivity contribution in [2.24, 2.45) is 4.99 Å². The smallest absolute Gasteiger partial charge is 0.191 e. The third-order valence-electron chi connectivity index (χ3n) is 5.70. The molecule has 2 fully saturated rings. The Hall–Kier alpha value is -1.95. The number of ether oxygens (including phenoxy) is 1. The highest BCUT2D eigenvalue weighted by Gasteiger charge is 2.30. The van der Waals surface area contributed by atoms with E-state index in [1.165, 1.54) is 38.6 Å². The lowest BCUT2D eigenvalue weighted by Crippen LogP contribution is -2.45. The number of hydrogen-bond acceptors (Lipinski definition) is 4. The van der Waals surface area contributed by atoms with E-state index >= 15 is 0 Å². The lowest BCUT2D eigenvalue weighted by molar-refractivity contribution is 0.242. The molecule has 27 heavy (non-hydrogen) atoms. The number of likely N-dealkylation sites (tertiary alicyclic amines) is 1. The lowest BCUT2D eigenvalue weighted by Gasteiger charge is -2.24. The van der Waals surface area contributed by atoms with Crippen LogP contribution in [0.25, 0.3) is 0 Å². The summed E-state index contributed by atoms with van der Waals surface area (Å²) in [4.78, 5) is 7.37. The minimum absolute atomic E-state index is 0.219. The minimum atomic E-state index is 0.219. The zero-order valence-electron chi connectivity index (χ0n) is 16.7. The zero-order chi connectivity index (χ0) is 19.1. The van der Waals surface area contributed by atoms with Crippen LogP contribution in [0, 0.1) is 0 Å². The molecule has 150 valence electrons. The molecule has 1 saturated heterocycles. The predicted octanol–water partition coefficient (Wildman–Crippen LogP) is 2.52. The second-order valence-corrected chi connectivity index (χ2v) is 7.54. The van der Waals surface area contributed by atoms with Gasteiger partial charge >= 0.3 is 0 Å². The van der Waals surface area contributed by atoms with Gasteiger partial charge in [0.2, 0.25) is 0 Å². The number of phenols is 1. The number of hydrogen-bond donors (Lipinski definition) is 3. The van der Waals surface area contributed by atoms with Gasteiger partial charge in [-0.05, 0) is 44.2 Å². The summed E-state index contributed by atoms with van der Waals surface area (Å²) in [7, 11) is 1.57. The van der Waals surface area contributed by atoms with Gasteiger partial charge in [-0.25, -0.2) is 0 Å². The highest BCUT2D eigenvalue weighted by atomic mass is 16.5. The zero-order valence-corrected chi connectivity index (χ0v) is 16.7. The van der Waals surface area contributed by atoms with E-state index in [4.69, 9.17) is 9.73 Å². The highest BCUT2D eigenvalue weighted by molar-refractivity contribution is 5.80. The molecule has 0 bridgehead atoms. The molecule has 0 aromatic heterocycles.